The van der Waals surface area contributed by atoms with Crippen molar-refractivity contribution in [2.45, 2.75) is 24.5 Å². The van der Waals surface area contributed by atoms with E-state index in [0.717, 1.165) is 23.1 Å². The number of nitrogens with one attached hydrogen (secondary N) is 1. The van der Waals surface area contributed by atoms with E-state index in [1.165, 1.54) is 12.1 Å². The van der Waals surface area contributed by atoms with E-state index in [0.29, 0.717) is 39.7 Å². The SMILES string of the molecule is COc1cc(CNCCc2ccc(S(N)(=O)=O)cc2)cc(Cl)c1OCc1ccc(Cl)cc1Cl.Cl. The number of methoxy groups -OCH3 is 1. The number of ether oxygens (including phenoxy) is 2. The topological polar surface area (TPSA) is 90.6 Å². The number of nitrogens with two attached hydrogens (primary N) is 1. The Kier molecular flexibility index (Phi) is 10.8. The summed E-state index contributed by atoms with van der Waals surface area (Å²) in [7, 11) is -2.13. The number of hydrogen-bond donors (Lipinski definition) is 2. The number of rotatable bonds is 10. The summed E-state index contributed by atoms with van der Waals surface area (Å²) in [5, 5.41) is 9.94. The molecule has 0 aliphatic heterocycles. The molecule has 6 nitrogen and oxygen atoms in total. The predicted molar refractivity (Wildman–Crippen MR) is 139 cm³/mol. The van der Waals surface area contributed by atoms with Crippen LogP contribution in [0.3, 0.4) is 0 Å². The average Bonchev–Trinajstić information content (AvgIpc) is 2.76. The molecule has 0 bridgehead atoms. The summed E-state index contributed by atoms with van der Waals surface area (Å²) in [4.78, 5) is 0.0987. The summed E-state index contributed by atoms with van der Waals surface area (Å²) in [6.07, 6.45) is 0.721. The third-order valence-electron chi connectivity index (χ3n) is 4.85. The predicted octanol–water partition coefficient (Wildman–Crippen LogP) is 5.64. The Hall–Kier alpha value is -1.71. The molecular formula is C23H24Cl4N2O4S. The van der Waals surface area contributed by atoms with Crippen LogP contribution in [-0.4, -0.2) is 22.1 Å². The maximum atomic E-state index is 11.3. The summed E-state index contributed by atoms with van der Waals surface area (Å²) < 4.78 is 34.0. The third kappa shape index (κ3) is 7.92. The monoisotopic (exact) mass is 564 g/mol. The van der Waals surface area contributed by atoms with Gasteiger partial charge in [-0.05, 0) is 60.5 Å². The van der Waals surface area contributed by atoms with Gasteiger partial charge in [0.25, 0.3) is 0 Å². The molecule has 0 unspecified atom stereocenters. The van der Waals surface area contributed by atoms with Gasteiger partial charge in [-0.3, -0.25) is 0 Å². The highest BCUT2D eigenvalue weighted by molar-refractivity contribution is 7.89. The van der Waals surface area contributed by atoms with Crippen LogP contribution in [0.4, 0.5) is 0 Å². The molecule has 3 aromatic rings. The molecule has 34 heavy (non-hydrogen) atoms. The number of halogens is 4. The van der Waals surface area contributed by atoms with Crippen molar-refractivity contribution < 1.29 is 17.9 Å². The lowest BCUT2D eigenvalue weighted by Gasteiger charge is -2.15. The highest BCUT2D eigenvalue weighted by Gasteiger charge is 2.13. The lowest BCUT2D eigenvalue weighted by atomic mass is 10.1. The van der Waals surface area contributed by atoms with Crippen LogP contribution in [0.15, 0.2) is 59.5 Å². The maximum Gasteiger partial charge on any atom is 0.238 e. The molecule has 0 heterocycles. The van der Waals surface area contributed by atoms with Crippen molar-refractivity contribution in [3.8, 4) is 11.5 Å². The van der Waals surface area contributed by atoms with Crippen molar-refractivity contribution in [2.75, 3.05) is 13.7 Å². The van der Waals surface area contributed by atoms with E-state index in [1.807, 2.05) is 12.1 Å². The molecule has 0 amide bonds. The van der Waals surface area contributed by atoms with Crippen molar-refractivity contribution in [1.29, 1.82) is 0 Å². The number of hydrogen-bond acceptors (Lipinski definition) is 5. The van der Waals surface area contributed by atoms with E-state index in [9.17, 15) is 8.42 Å². The Morgan fingerprint density at radius 3 is 2.26 bits per heavy atom. The quantitative estimate of drug-likeness (QED) is 0.311. The zero-order chi connectivity index (χ0) is 24.0. The van der Waals surface area contributed by atoms with Crippen molar-refractivity contribution in [1.82, 2.24) is 5.32 Å². The van der Waals surface area contributed by atoms with Crippen LogP contribution in [0.25, 0.3) is 0 Å². The van der Waals surface area contributed by atoms with Gasteiger partial charge >= 0.3 is 0 Å². The molecule has 0 fully saturated rings. The van der Waals surface area contributed by atoms with Crippen LogP contribution in [0.1, 0.15) is 16.7 Å². The van der Waals surface area contributed by atoms with Crippen LogP contribution in [0, 0.1) is 0 Å². The van der Waals surface area contributed by atoms with Crippen molar-refractivity contribution in [3.05, 3.63) is 86.4 Å². The fourth-order valence-corrected chi connectivity index (χ4v) is 4.38. The van der Waals surface area contributed by atoms with Crippen LogP contribution in [0.2, 0.25) is 15.1 Å². The number of primary sulfonamides is 1. The van der Waals surface area contributed by atoms with E-state index >= 15 is 0 Å². The molecule has 0 saturated heterocycles. The number of benzene rings is 3. The van der Waals surface area contributed by atoms with Gasteiger partial charge in [0.05, 0.1) is 17.0 Å². The van der Waals surface area contributed by atoms with Crippen LogP contribution in [0.5, 0.6) is 11.5 Å². The van der Waals surface area contributed by atoms with Crippen LogP contribution < -0.4 is 19.9 Å². The summed E-state index contributed by atoms with van der Waals surface area (Å²) in [5.74, 6) is 0.951. The van der Waals surface area contributed by atoms with Crippen LogP contribution >= 0.6 is 47.2 Å². The maximum absolute atomic E-state index is 11.3. The Bertz CT molecular complexity index is 1220. The third-order valence-corrected chi connectivity index (χ3v) is 6.64. The van der Waals surface area contributed by atoms with Crippen LogP contribution in [-0.2, 0) is 29.6 Å². The zero-order valence-corrected chi connectivity index (χ0v) is 22.1. The molecule has 0 atom stereocenters. The van der Waals surface area contributed by atoms with Gasteiger partial charge in [-0.2, -0.15) is 0 Å². The van der Waals surface area contributed by atoms with E-state index in [2.05, 4.69) is 5.32 Å². The second-order valence-electron chi connectivity index (χ2n) is 7.25. The minimum atomic E-state index is -3.68. The van der Waals surface area contributed by atoms with Gasteiger partial charge in [0.15, 0.2) is 11.5 Å². The summed E-state index contributed by atoms with van der Waals surface area (Å²) in [6, 6.07) is 15.4. The van der Waals surface area contributed by atoms with Gasteiger partial charge < -0.3 is 14.8 Å². The van der Waals surface area contributed by atoms with Gasteiger partial charge in [0, 0.05) is 22.2 Å². The molecule has 3 aromatic carbocycles. The standard InChI is InChI=1S/C23H23Cl3N2O4S.ClH/c1-31-22-11-16(13-28-9-8-15-2-6-19(7-3-15)33(27,29)30)10-21(26)23(22)32-14-17-4-5-18(24)12-20(17)25;/h2-7,10-12,28H,8-9,13-14H2,1H3,(H2,27,29,30);1H. The molecule has 0 saturated carbocycles. The molecule has 0 aromatic heterocycles. The molecule has 0 radical (unpaired) electrons. The Morgan fingerprint density at radius 1 is 0.941 bits per heavy atom. The fraction of sp³-hybridized carbons (Fsp3) is 0.217. The molecule has 11 heteroatoms. The minimum absolute atomic E-state index is 0. The first kappa shape index (κ1) is 28.5. The van der Waals surface area contributed by atoms with Crippen molar-refractivity contribution >= 4 is 57.2 Å². The van der Waals surface area contributed by atoms with Gasteiger partial charge in [-0.1, -0.05) is 53.0 Å². The molecule has 0 aliphatic carbocycles. The Balaban J connectivity index is 0.00000408. The highest BCUT2D eigenvalue weighted by Crippen LogP contribution is 2.37. The van der Waals surface area contributed by atoms with E-state index < -0.39 is 10.0 Å². The van der Waals surface area contributed by atoms with E-state index in [-0.39, 0.29) is 23.9 Å². The summed E-state index contributed by atoms with van der Waals surface area (Å²) >= 11 is 18.6. The van der Waals surface area contributed by atoms with Gasteiger partial charge in [-0.25, -0.2) is 13.6 Å². The lowest BCUT2D eigenvalue weighted by molar-refractivity contribution is 0.284. The first-order chi connectivity index (χ1) is 15.7. The molecule has 0 aliphatic rings. The zero-order valence-electron chi connectivity index (χ0n) is 18.2. The fourth-order valence-electron chi connectivity index (χ4n) is 3.12. The molecule has 3 N–H and O–H groups in total. The first-order valence-corrected chi connectivity index (χ1v) is 12.6. The van der Waals surface area contributed by atoms with Crippen molar-refractivity contribution in [2.24, 2.45) is 5.14 Å². The van der Waals surface area contributed by atoms with Crippen molar-refractivity contribution in [3.63, 3.8) is 0 Å². The number of sulfonamides is 1. The van der Waals surface area contributed by atoms with Gasteiger partial charge in [-0.15, -0.1) is 12.4 Å². The first-order valence-electron chi connectivity index (χ1n) is 9.93. The van der Waals surface area contributed by atoms with Gasteiger partial charge in [0.2, 0.25) is 10.0 Å². The molecule has 184 valence electrons. The smallest absolute Gasteiger partial charge is 0.238 e. The second kappa shape index (κ2) is 12.8. The highest BCUT2D eigenvalue weighted by atomic mass is 35.5. The normalized spacial score (nSPS) is 11.1. The average molecular weight is 566 g/mol. The Labute approximate surface area is 220 Å². The van der Waals surface area contributed by atoms with E-state index in [1.54, 1.807) is 37.4 Å². The molecule has 0 spiro atoms. The second-order valence-corrected chi connectivity index (χ2v) is 10.1. The molecule has 3 rings (SSSR count). The minimum Gasteiger partial charge on any atom is -0.493 e. The summed E-state index contributed by atoms with van der Waals surface area (Å²) in [6.45, 7) is 1.46. The Morgan fingerprint density at radius 2 is 1.65 bits per heavy atom. The van der Waals surface area contributed by atoms with Gasteiger partial charge in [0.1, 0.15) is 6.61 Å². The lowest BCUT2D eigenvalue weighted by Crippen LogP contribution is -2.17. The van der Waals surface area contributed by atoms with E-state index in [4.69, 9.17) is 49.4 Å². The largest absolute Gasteiger partial charge is 0.493 e. The molecular weight excluding hydrogens is 542 g/mol. The summed E-state index contributed by atoms with van der Waals surface area (Å²) in [5.41, 5.74) is 2.70.